The van der Waals surface area contributed by atoms with E-state index in [0.717, 1.165) is 30.5 Å². The molecule has 0 saturated heterocycles. The second-order valence-corrected chi connectivity index (χ2v) is 3.56. The van der Waals surface area contributed by atoms with E-state index < -0.39 is 7.12 Å². The zero-order valence-electron chi connectivity index (χ0n) is 7.00. The highest BCUT2D eigenvalue weighted by Crippen LogP contribution is 2.20. The van der Waals surface area contributed by atoms with Crippen LogP contribution in [-0.4, -0.2) is 22.2 Å². The van der Waals surface area contributed by atoms with Crippen molar-refractivity contribution in [3.63, 3.8) is 0 Å². The van der Waals surface area contributed by atoms with Crippen molar-refractivity contribution in [3.05, 3.63) is 22.5 Å². The van der Waals surface area contributed by atoms with E-state index in [0.29, 0.717) is 5.46 Å². The molecule has 0 radical (unpaired) electrons. The van der Waals surface area contributed by atoms with Gasteiger partial charge in [0.15, 0.2) is 0 Å². The van der Waals surface area contributed by atoms with Gasteiger partial charge in [-0.05, 0) is 24.8 Å². The Bertz CT molecular complexity index is 343. The smallest absolute Gasteiger partial charge is 0.423 e. The van der Waals surface area contributed by atoms with Gasteiger partial charge < -0.3 is 10.0 Å². The van der Waals surface area contributed by atoms with Crippen LogP contribution in [0.25, 0.3) is 0 Å². The first-order valence-electron chi connectivity index (χ1n) is 4.23. The van der Waals surface area contributed by atoms with Gasteiger partial charge in [-0.2, -0.15) is 0 Å². The molecule has 0 aliphatic heterocycles. The fraction of sp³-hybridized carbons (Fsp3) is 0.375. The van der Waals surface area contributed by atoms with Crippen molar-refractivity contribution in [2.75, 3.05) is 0 Å². The maximum atomic E-state index is 8.97. The van der Waals surface area contributed by atoms with Crippen molar-refractivity contribution in [2.24, 2.45) is 0 Å². The molecule has 1 aromatic rings. The predicted octanol–water partition coefficient (Wildman–Crippen LogP) is -0.0965. The molecule has 0 spiro atoms. The molecule has 68 valence electrons. The van der Waals surface area contributed by atoms with Gasteiger partial charge in [-0.15, -0.1) is 0 Å². The number of hydrogen-bond donors (Lipinski definition) is 2. The van der Waals surface area contributed by atoms with Gasteiger partial charge in [0.1, 0.15) is 5.15 Å². The first kappa shape index (κ1) is 9.00. The minimum absolute atomic E-state index is 0.204. The number of pyridine rings is 1. The van der Waals surface area contributed by atoms with Gasteiger partial charge in [0.2, 0.25) is 0 Å². The lowest BCUT2D eigenvalue weighted by molar-refractivity contribution is 0.425. The topological polar surface area (TPSA) is 53.4 Å². The first-order valence-corrected chi connectivity index (χ1v) is 4.60. The van der Waals surface area contributed by atoms with Crippen LogP contribution in [0.4, 0.5) is 0 Å². The van der Waals surface area contributed by atoms with E-state index in [-0.39, 0.29) is 5.15 Å². The maximum Gasteiger partial charge on any atom is 0.491 e. The quantitative estimate of drug-likeness (QED) is 0.488. The molecule has 13 heavy (non-hydrogen) atoms. The van der Waals surface area contributed by atoms with E-state index in [2.05, 4.69) is 4.98 Å². The van der Waals surface area contributed by atoms with Crippen LogP contribution in [0.15, 0.2) is 6.07 Å². The molecule has 5 heteroatoms. The zero-order valence-corrected chi connectivity index (χ0v) is 7.75. The Morgan fingerprint density at radius 3 is 2.85 bits per heavy atom. The summed E-state index contributed by atoms with van der Waals surface area (Å²) in [6.45, 7) is 0. The predicted molar refractivity (Wildman–Crippen MR) is 51.1 cm³/mol. The summed E-state index contributed by atoms with van der Waals surface area (Å²) < 4.78 is 0. The van der Waals surface area contributed by atoms with E-state index in [1.807, 2.05) is 0 Å². The Morgan fingerprint density at radius 1 is 1.38 bits per heavy atom. The van der Waals surface area contributed by atoms with Crippen LogP contribution < -0.4 is 5.46 Å². The number of halogens is 1. The van der Waals surface area contributed by atoms with Crippen LogP contribution in [0, 0.1) is 0 Å². The van der Waals surface area contributed by atoms with Crippen LogP contribution in [-0.2, 0) is 12.8 Å². The lowest BCUT2D eigenvalue weighted by Gasteiger charge is -2.05. The SMILES string of the molecule is OB(O)c1cc2c(nc1Cl)CCC2. The highest BCUT2D eigenvalue weighted by atomic mass is 35.5. The number of nitrogens with zero attached hydrogens (tertiary/aromatic N) is 1. The summed E-state index contributed by atoms with van der Waals surface area (Å²) >= 11 is 5.77. The van der Waals surface area contributed by atoms with Crippen LogP contribution in [0.3, 0.4) is 0 Å². The summed E-state index contributed by atoms with van der Waals surface area (Å²) in [6.07, 6.45) is 2.97. The standard InChI is InChI=1S/C8H9BClNO2/c10-8-6(9(12)13)4-5-2-1-3-7(5)11-8/h4,12-13H,1-3H2. The monoisotopic (exact) mass is 197 g/mol. The summed E-state index contributed by atoms with van der Waals surface area (Å²) in [5.74, 6) is 0. The van der Waals surface area contributed by atoms with E-state index >= 15 is 0 Å². The Kier molecular flexibility index (Phi) is 2.28. The lowest BCUT2D eigenvalue weighted by atomic mass is 9.80. The molecule has 0 amide bonds. The Labute approximate surface area is 81.5 Å². The number of aryl methyl sites for hydroxylation is 2. The van der Waals surface area contributed by atoms with Gasteiger partial charge in [0, 0.05) is 11.2 Å². The minimum Gasteiger partial charge on any atom is -0.423 e. The largest absolute Gasteiger partial charge is 0.491 e. The second kappa shape index (κ2) is 3.29. The normalized spacial score (nSPS) is 14.4. The average molecular weight is 197 g/mol. The molecular weight excluding hydrogens is 188 g/mol. The molecule has 1 aromatic heterocycles. The third-order valence-corrected chi connectivity index (χ3v) is 2.61. The molecule has 0 fully saturated rings. The number of rotatable bonds is 1. The molecule has 0 unspecified atom stereocenters. The van der Waals surface area contributed by atoms with Gasteiger partial charge in [0.25, 0.3) is 0 Å². The molecule has 2 N–H and O–H groups in total. The van der Waals surface area contributed by atoms with E-state index in [9.17, 15) is 0 Å². The summed E-state index contributed by atoms with van der Waals surface area (Å²) in [5.41, 5.74) is 2.39. The summed E-state index contributed by atoms with van der Waals surface area (Å²) in [7, 11) is -1.52. The minimum atomic E-state index is -1.52. The molecule has 1 aliphatic rings. The van der Waals surface area contributed by atoms with Gasteiger partial charge >= 0.3 is 7.12 Å². The lowest BCUT2D eigenvalue weighted by Crippen LogP contribution is -2.32. The fourth-order valence-electron chi connectivity index (χ4n) is 1.65. The number of hydrogen-bond acceptors (Lipinski definition) is 3. The van der Waals surface area contributed by atoms with Crippen LogP contribution in [0.5, 0.6) is 0 Å². The van der Waals surface area contributed by atoms with Crippen molar-refractivity contribution in [2.45, 2.75) is 19.3 Å². The molecule has 1 aliphatic carbocycles. The molecule has 1 heterocycles. The van der Waals surface area contributed by atoms with Crippen LogP contribution >= 0.6 is 11.6 Å². The van der Waals surface area contributed by atoms with Crippen molar-refractivity contribution in [1.82, 2.24) is 4.98 Å². The molecule has 3 nitrogen and oxygen atoms in total. The molecule has 0 atom stereocenters. The Morgan fingerprint density at radius 2 is 2.15 bits per heavy atom. The third kappa shape index (κ3) is 1.57. The van der Waals surface area contributed by atoms with Crippen molar-refractivity contribution < 1.29 is 10.0 Å². The third-order valence-electron chi connectivity index (χ3n) is 2.31. The molecule has 0 bridgehead atoms. The fourth-order valence-corrected chi connectivity index (χ4v) is 1.90. The maximum absolute atomic E-state index is 8.97. The van der Waals surface area contributed by atoms with E-state index in [4.69, 9.17) is 21.6 Å². The number of fused-ring (bicyclic) bond motifs is 1. The Balaban J connectivity index is 2.49. The zero-order chi connectivity index (χ0) is 9.42. The molecule has 0 saturated carbocycles. The van der Waals surface area contributed by atoms with Crippen LogP contribution in [0.2, 0.25) is 5.15 Å². The van der Waals surface area contributed by atoms with Gasteiger partial charge in [-0.1, -0.05) is 17.7 Å². The van der Waals surface area contributed by atoms with Crippen molar-refractivity contribution in [1.29, 1.82) is 0 Å². The molecular formula is C8H9BClNO2. The summed E-state index contributed by atoms with van der Waals surface area (Å²) in [4.78, 5) is 4.12. The van der Waals surface area contributed by atoms with Crippen LogP contribution in [0.1, 0.15) is 17.7 Å². The highest BCUT2D eigenvalue weighted by Gasteiger charge is 2.21. The number of aromatic nitrogens is 1. The highest BCUT2D eigenvalue weighted by molar-refractivity contribution is 6.62. The van der Waals surface area contributed by atoms with Crippen molar-refractivity contribution >= 4 is 24.2 Å². The summed E-state index contributed by atoms with van der Waals surface area (Å²) in [5, 5.41) is 18.1. The van der Waals surface area contributed by atoms with Gasteiger partial charge in [-0.3, -0.25) is 0 Å². The van der Waals surface area contributed by atoms with Gasteiger partial charge in [-0.25, -0.2) is 4.98 Å². The first-order chi connectivity index (χ1) is 6.18. The average Bonchev–Trinajstić information content (AvgIpc) is 2.48. The molecule has 0 aromatic carbocycles. The van der Waals surface area contributed by atoms with Gasteiger partial charge in [0.05, 0.1) is 0 Å². The molecule has 2 rings (SSSR count). The second-order valence-electron chi connectivity index (χ2n) is 3.20. The summed E-state index contributed by atoms with van der Waals surface area (Å²) in [6, 6.07) is 1.74. The van der Waals surface area contributed by atoms with E-state index in [1.165, 1.54) is 0 Å². The van der Waals surface area contributed by atoms with Crippen molar-refractivity contribution in [3.8, 4) is 0 Å². The Hall–Kier alpha value is -0.575. The van der Waals surface area contributed by atoms with E-state index in [1.54, 1.807) is 6.07 Å².